The van der Waals surface area contributed by atoms with Crippen LogP contribution in [0.5, 0.6) is 0 Å². The molecule has 0 heterocycles. The van der Waals surface area contributed by atoms with Crippen molar-refractivity contribution in [3.05, 3.63) is 70.5 Å². The van der Waals surface area contributed by atoms with Crippen molar-refractivity contribution in [1.29, 1.82) is 0 Å². The predicted molar refractivity (Wildman–Crippen MR) is 80.9 cm³/mol. The standard InChI is InChI=1S/C15H12ClFO4S/c1-22(19,20)21-15(12-4-2-3-5-13(12)16)14(18)10-6-8-11(17)9-7-10/h2-9,15H,1H3. The summed E-state index contributed by atoms with van der Waals surface area (Å²) in [6.45, 7) is 0. The van der Waals surface area contributed by atoms with Gasteiger partial charge in [-0.25, -0.2) is 4.39 Å². The van der Waals surface area contributed by atoms with E-state index in [4.69, 9.17) is 15.8 Å². The SMILES string of the molecule is CS(=O)(=O)OC(C(=O)c1ccc(F)cc1)c1ccccc1Cl. The van der Waals surface area contributed by atoms with E-state index in [1.165, 1.54) is 24.3 Å². The summed E-state index contributed by atoms with van der Waals surface area (Å²) in [4.78, 5) is 12.5. The van der Waals surface area contributed by atoms with Crippen LogP contribution in [0.4, 0.5) is 4.39 Å². The molecule has 0 amide bonds. The number of ketones is 1. The third-order valence-electron chi connectivity index (χ3n) is 2.83. The molecule has 1 unspecified atom stereocenters. The highest BCUT2D eigenvalue weighted by atomic mass is 35.5. The van der Waals surface area contributed by atoms with Gasteiger partial charge in [0.15, 0.2) is 11.9 Å². The van der Waals surface area contributed by atoms with Crippen LogP contribution in [0.3, 0.4) is 0 Å². The molecule has 0 fully saturated rings. The largest absolute Gasteiger partial charge is 0.291 e. The molecular formula is C15H12ClFO4S. The summed E-state index contributed by atoms with van der Waals surface area (Å²) in [7, 11) is -3.90. The molecule has 7 heteroatoms. The Morgan fingerprint density at radius 2 is 1.73 bits per heavy atom. The molecule has 2 rings (SSSR count). The van der Waals surface area contributed by atoms with E-state index in [0.29, 0.717) is 0 Å². The van der Waals surface area contributed by atoms with Gasteiger partial charge in [-0.1, -0.05) is 29.8 Å². The first-order valence-electron chi connectivity index (χ1n) is 6.20. The van der Waals surface area contributed by atoms with Gasteiger partial charge in [0.25, 0.3) is 10.1 Å². The summed E-state index contributed by atoms with van der Waals surface area (Å²) in [5.41, 5.74) is 0.346. The molecule has 2 aromatic rings. The number of carbonyl (C=O) groups excluding carboxylic acids is 1. The Kier molecular flexibility index (Phi) is 4.95. The van der Waals surface area contributed by atoms with E-state index in [1.807, 2.05) is 0 Å². The van der Waals surface area contributed by atoms with Crippen LogP contribution >= 0.6 is 11.6 Å². The summed E-state index contributed by atoms with van der Waals surface area (Å²) in [6.07, 6.45) is -0.580. The smallest absolute Gasteiger partial charge is 0.265 e. The molecule has 0 saturated carbocycles. The number of hydrogen-bond donors (Lipinski definition) is 0. The summed E-state index contributed by atoms with van der Waals surface area (Å²) in [5, 5.41) is 0.201. The minimum Gasteiger partial charge on any atom is -0.291 e. The van der Waals surface area contributed by atoms with Crippen molar-refractivity contribution in [1.82, 2.24) is 0 Å². The molecule has 2 aromatic carbocycles. The van der Waals surface area contributed by atoms with Crippen LogP contribution in [0.2, 0.25) is 5.02 Å². The maximum Gasteiger partial charge on any atom is 0.265 e. The summed E-state index contributed by atoms with van der Waals surface area (Å²) < 4.78 is 40.7. The van der Waals surface area contributed by atoms with Crippen molar-refractivity contribution in [2.24, 2.45) is 0 Å². The van der Waals surface area contributed by atoms with Gasteiger partial charge in [0.1, 0.15) is 5.82 Å². The first-order chi connectivity index (χ1) is 10.3. The number of benzene rings is 2. The maximum atomic E-state index is 12.9. The van der Waals surface area contributed by atoms with Crippen molar-refractivity contribution in [3.63, 3.8) is 0 Å². The summed E-state index contributed by atoms with van der Waals surface area (Å²) in [6, 6.07) is 11.0. The monoisotopic (exact) mass is 342 g/mol. The third kappa shape index (κ3) is 4.13. The van der Waals surface area contributed by atoms with Gasteiger partial charge in [0.05, 0.1) is 6.26 Å². The number of carbonyl (C=O) groups is 1. The van der Waals surface area contributed by atoms with E-state index in [2.05, 4.69) is 0 Å². The van der Waals surface area contributed by atoms with Crippen LogP contribution in [0, 0.1) is 5.82 Å². The van der Waals surface area contributed by atoms with Crippen LogP contribution < -0.4 is 0 Å². The van der Waals surface area contributed by atoms with E-state index in [9.17, 15) is 17.6 Å². The Labute approximate surface area is 132 Å². The molecule has 22 heavy (non-hydrogen) atoms. The minimum atomic E-state index is -3.90. The quantitative estimate of drug-likeness (QED) is 0.617. The lowest BCUT2D eigenvalue weighted by Gasteiger charge is -2.17. The van der Waals surface area contributed by atoms with Gasteiger partial charge < -0.3 is 0 Å². The van der Waals surface area contributed by atoms with Crippen molar-refractivity contribution in [2.75, 3.05) is 6.26 Å². The molecule has 1 atom stereocenters. The van der Waals surface area contributed by atoms with Gasteiger partial charge >= 0.3 is 0 Å². The van der Waals surface area contributed by atoms with Gasteiger partial charge in [-0.05, 0) is 30.3 Å². The third-order valence-corrected chi connectivity index (χ3v) is 3.71. The van der Waals surface area contributed by atoms with Crippen LogP contribution in [-0.4, -0.2) is 20.5 Å². The zero-order valence-electron chi connectivity index (χ0n) is 11.5. The molecule has 0 aliphatic heterocycles. The molecule has 0 radical (unpaired) electrons. The molecule has 0 spiro atoms. The number of halogens is 2. The zero-order chi connectivity index (χ0) is 16.3. The topological polar surface area (TPSA) is 60.4 Å². The average Bonchev–Trinajstić information content (AvgIpc) is 2.45. The van der Waals surface area contributed by atoms with Crippen molar-refractivity contribution in [3.8, 4) is 0 Å². The van der Waals surface area contributed by atoms with E-state index in [-0.39, 0.29) is 16.1 Å². The lowest BCUT2D eigenvalue weighted by atomic mass is 10.00. The van der Waals surface area contributed by atoms with Crippen LogP contribution in [0.15, 0.2) is 48.5 Å². The van der Waals surface area contributed by atoms with Crippen molar-refractivity contribution in [2.45, 2.75) is 6.10 Å². The molecule has 0 N–H and O–H groups in total. The predicted octanol–water partition coefficient (Wildman–Crippen LogP) is 3.38. The van der Waals surface area contributed by atoms with E-state index < -0.39 is 27.8 Å². The highest BCUT2D eigenvalue weighted by Gasteiger charge is 2.28. The van der Waals surface area contributed by atoms with E-state index in [0.717, 1.165) is 18.4 Å². The Hall–Kier alpha value is -1.76. The first kappa shape index (κ1) is 16.6. The van der Waals surface area contributed by atoms with Crippen molar-refractivity contribution < 1.29 is 21.8 Å². The van der Waals surface area contributed by atoms with Gasteiger partial charge in [0, 0.05) is 16.1 Å². The fourth-order valence-electron chi connectivity index (χ4n) is 1.86. The normalized spacial score (nSPS) is 12.9. The second kappa shape index (κ2) is 6.56. The van der Waals surface area contributed by atoms with E-state index >= 15 is 0 Å². The Bertz CT molecular complexity index is 787. The molecule has 116 valence electrons. The van der Waals surface area contributed by atoms with Gasteiger partial charge in [-0.3, -0.25) is 8.98 Å². The van der Waals surface area contributed by atoms with Gasteiger partial charge in [0.2, 0.25) is 0 Å². The molecule has 0 aromatic heterocycles. The van der Waals surface area contributed by atoms with Gasteiger partial charge in [-0.2, -0.15) is 8.42 Å². The maximum absolute atomic E-state index is 12.9. The highest BCUT2D eigenvalue weighted by molar-refractivity contribution is 7.86. The summed E-state index contributed by atoms with van der Waals surface area (Å²) >= 11 is 6.02. The second-order valence-corrected chi connectivity index (χ2v) is 6.58. The Balaban J connectivity index is 2.47. The van der Waals surface area contributed by atoms with Crippen LogP contribution in [0.1, 0.15) is 22.0 Å². The lowest BCUT2D eigenvalue weighted by Crippen LogP contribution is -2.20. The zero-order valence-corrected chi connectivity index (χ0v) is 13.1. The molecule has 0 aliphatic carbocycles. The highest BCUT2D eigenvalue weighted by Crippen LogP contribution is 2.29. The molecule has 0 saturated heterocycles. The first-order valence-corrected chi connectivity index (χ1v) is 8.40. The second-order valence-electron chi connectivity index (χ2n) is 4.57. The number of hydrogen-bond acceptors (Lipinski definition) is 4. The number of rotatable bonds is 5. The fourth-order valence-corrected chi connectivity index (χ4v) is 2.64. The average molecular weight is 343 g/mol. The molecule has 0 bridgehead atoms. The molecular weight excluding hydrogens is 331 g/mol. The summed E-state index contributed by atoms with van der Waals surface area (Å²) in [5.74, 6) is -1.13. The van der Waals surface area contributed by atoms with E-state index in [1.54, 1.807) is 12.1 Å². The molecule has 0 aliphatic rings. The number of Topliss-reactive ketones (excluding diaryl/α,β-unsaturated/α-hetero) is 1. The Morgan fingerprint density at radius 1 is 1.14 bits per heavy atom. The van der Waals surface area contributed by atoms with Crippen LogP contribution in [-0.2, 0) is 14.3 Å². The minimum absolute atomic E-state index is 0.120. The fraction of sp³-hybridized carbons (Fsp3) is 0.133. The van der Waals surface area contributed by atoms with Crippen molar-refractivity contribution >= 4 is 27.5 Å². The lowest BCUT2D eigenvalue weighted by molar-refractivity contribution is 0.0803. The van der Waals surface area contributed by atoms with Crippen LogP contribution in [0.25, 0.3) is 0 Å². The van der Waals surface area contributed by atoms with Gasteiger partial charge in [-0.15, -0.1) is 0 Å². The Morgan fingerprint density at radius 3 is 2.27 bits per heavy atom. The molecule has 4 nitrogen and oxygen atoms in total.